The van der Waals surface area contributed by atoms with Crippen molar-refractivity contribution in [3.63, 3.8) is 0 Å². The molecule has 2 aliphatic rings. The molecule has 31 heavy (non-hydrogen) atoms. The normalized spacial score (nSPS) is 21.3. The highest BCUT2D eigenvalue weighted by molar-refractivity contribution is 6.02. The Kier molecular flexibility index (Phi) is 6.13. The fraction of sp³-hybridized carbons (Fsp3) is 0.417. The molecule has 0 aliphatic carbocycles. The van der Waals surface area contributed by atoms with E-state index in [0.29, 0.717) is 19.4 Å². The second-order valence-electron chi connectivity index (χ2n) is 8.20. The van der Waals surface area contributed by atoms with Gasteiger partial charge in [0.15, 0.2) is 0 Å². The maximum absolute atomic E-state index is 13.2. The van der Waals surface area contributed by atoms with Gasteiger partial charge in [0.05, 0.1) is 20.3 Å². The van der Waals surface area contributed by atoms with E-state index >= 15 is 0 Å². The second-order valence-corrected chi connectivity index (χ2v) is 8.20. The minimum Gasteiger partial charge on any atom is -0.497 e. The summed E-state index contributed by atoms with van der Waals surface area (Å²) in [6.07, 6.45) is 0.871. The molecule has 2 aliphatic heterocycles. The molecule has 0 unspecified atom stereocenters. The third kappa shape index (κ3) is 4.51. The predicted molar refractivity (Wildman–Crippen MR) is 119 cm³/mol. The van der Waals surface area contributed by atoms with Crippen LogP contribution < -0.4 is 15.0 Å². The maximum Gasteiger partial charge on any atom is 0.250 e. The summed E-state index contributed by atoms with van der Waals surface area (Å²) in [5.41, 5.74) is 1.92. The number of rotatable bonds is 6. The highest BCUT2D eigenvalue weighted by atomic mass is 16.5. The summed E-state index contributed by atoms with van der Waals surface area (Å²) in [6.45, 7) is 5.43. The van der Waals surface area contributed by atoms with Crippen LogP contribution in [-0.2, 0) is 20.9 Å². The summed E-state index contributed by atoms with van der Waals surface area (Å²) in [5, 5.41) is 3.01. The first-order valence-electron chi connectivity index (χ1n) is 10.7. The monoisotopic (exact) mass is 423 g/mol. The third-order valence-corrected chi connectivity index (χ3v) is 6.21. The first kappa shape index (κ1) is 21.2. The largest absolute Gasteiger partial charge is 0.497 e. The molecule has 7 nitrogen and oxygen atoms in total. The molecule has 1 atom stereocenters. The van der Waals surface area contributed by atoms with Crippen LogP contribution in [0.4, 0.5) is 11.4 Å². The van der Waals surface area contributed by atoms with E-state index in [1.807, 2.05) is 55.5 Å². The molecular weight excluding hydrogens is 394 g/mol. The van der Waals surface area contributed by atoms with Crippen molar-refractivity contribution in [2.45, 2.75) is 31.8 Å². The Morgan fingerprint density at radius 1 is 1.10 bits per heavy atom. The molecular formula is C24H29N3O4. The summed E-state index contributed by atoms with van der Waals surface area (Å²) in [4.78, 5) is 29.8. The lowest BCUT2D eigenvalue weighted by Crippen LogP contribution is -2.51. The van der Waals surface area contributed by atoms with Gasteiger partial charge in [-0.05, 0) is 55.3 Å². The first-order chi connectivity index (χ1) is 15.0. The minimum atomic E-state index is -0.889. The number of likely N-dealkylation sites (tertiary alicyclic amines) is 1. The van der Waals surface area contributed by atoms with E-state index in [9.17, 15) is 9.59 Å². The molecule has 1 N–H and O–H groups in total. The predicted octanol–water partition coefficient (Wildman–Crippen LogP) is 3.05. The number of benzene rings is 2. The van der Waals surface area contributed by atoms with E-state index < -0.39 is 5.54 Å². The van der Waals surface area contributed by atoms with E-state index in [2.05, 4.69) is 10.2 Å². The average Bonchev–Trinajstić information content (AvgIpc) is 3.10. The Bertz CT molecular complexity index is 923. The molecule has 7 heteroatoms. The van der Waals surface area contributed by atoms with Crippen LogP contribution in [0.3, 0.4) is 0 Å². The van der Waals surface area contributed by atoms with Gasteiger partial charge in [0.2, 0.25) is 11.8 Å². The van der Waals surface area contributed by atoms with Crippen molar-refractivity contribution < 1.29 is 19.1 Å². The number of hydrogen-bond donors (Lipinski definition) is 1. The highest BCUT2D eigenvalue weighted by Crippen LogP contribution is 2.33. The number of hydrogen-bond acceptors (Lipinski definition) is 5. The van der Waals surface area contributed by atoms with Gasteiger partial charge in [-0.25, -0.2) is 0 Å². The van der Waals surface area contributed by atoms with Gasteiger partial charge in [0.1, 0.15) is 11.3 Å². The molecule has 0 bridgehead atoms. The summed E-state index contributed by atoms with van der Waals surface area (Å²) >= 11 is 0. The van der Waals surface area contributed by atoms with Crippen molar-refractivity contribution in [2.75, 3.05) is 43.6 Å². The Hall–Kier alpha value is -3.06. The summed E-state index contributed by atoms with van der Waals surface area (Å²) in [7, 11) is 1.62. The number of morpholine rings is 1. The fourth-order valence-electron chi connectivity index (χ4n) is 4.15. The van der Waals surface area contributed by atoms with Crippen LogP contribution in [0.15, 0.2) is 48.5 Å². The topological polar surface area (TPSA) is 71.1 Å². The maximum atomic E-state index is 13.2. The molecule has 2 saturated heterocycles. The van der Waals surface area contributed by atoms with Gasteiger partial charge in [-0.1, -0.05) is 12.1 Å². The number of amides is 2. The Morgan fingerprint density at radius 3 is 2.42 bits per heavy atom. The molecule has 2 heterocycles. The van der Waals surface area contributed by atoms with E-state index in [0.717, 1.165) is 49.0 Å². The summed E-state index contributed by atoms with van der Waals surface area (Å²) in [5.74, 6) is 0.597. The second kappa shape index (κ2) is 8.98. The zero-order chi connectivity index (χ0) is 21.8. The minimum absolute atomic E-state index is 0.00358. The summed E-state index contributed by atoms with van der Waals surface area (Å²) < 4.78 is 10.6. The Morgan fingerprint density at radius 2 is 1.77 bits per heavy atom. The van der Waals surface area contributed by atoms with Crippen molar-refractivity contribution in [2.24, 2.45) is 0 Å². The molecule has 2 amide bonds. The van der Waals surface area contributed by atoms with Crippen LogP contribution >= 0.6 is 0 Å². The van der Waals surface area contributed by atoms with Crippen LogP contribution in [0.25, 0.3) is 0 Å². The molecule has 0 radical (unpaired) electrons. The smallest absolute Gasteiger partial charge is 0.250 e. The highest BCUT2D eigenvalue weighted by Gasteiger charge is 2.47. The van der Waals surface area contributed by atoms with Gasteiger partial charge in [0, 0.05) is 37.4 Å². The molecule has 4 rings (SSSR count). The molecule has 2 aromatic carbocycles. The van der Waals surface area contributed by atoms with Crippen molar-refractivity contribution in [1.82, 2.24) is 4.90 Å². The Balaban J connectivity index is 1.44. The number of nitrogens with zero attached hydrogens (tertiary/aromatic N) is 2. The lowest BCUT2D eigenvalue weighted by Gasteiger charge is -2.34. The number of carbonyl (C=O) groups excluding carboxylic acids is 2. The molecule has 0 spiro atoms. The molecule has 164 valence electrons. The molecule has 2 fully saturated rings. The average molecular weight is 424 g/mol. The zero-order valence-corrected chi connectivity index (χ0v) is 18.1. The van der Waals surface area contributed by atoms with Gasteiger partial charge in [0.25, 0.3) is 0 Å². The van der Waals surface area contributed by atoms with Crippen molar-refractivity contribution in [1.29, 1.82) is 0 Å². The van der Waals surface area contributed by atoms with Gasteiger partial charge >= 0.3 is 0 Å². The first-order valence-corrected chi connectivity index (χ1v) is 10.7. The van der Waals surface area contributed by atoms with Crippen LogP contribution in [0, 0.1) is 0 Å². The van der Waals surface area contributed by atoms with Crippen LogP contribution in [0.1, 0.15) is 25.3 Å². The standard InChI is InChI=1S/C24H29N3O4/c1-24(12-11-22(28)27(24)17-18-3-9-21(30-2)10-4-18)23(29)25-19-5-7-20(8-6-19)26-13-15-31-16-14-26/h3-10H,11-17H2,1-2H3,(H,25,29)/t24-/m0/s1. The molecule has 0 saturated carbocycles. The van der Waals surface area contributed by atoms with Crippen LogP contribution in [-0.4, -0.2) is 55.7 Å². The van der Waals surface area contributed by atoms with Gasteiger partial charge in [-0.3, -0.25) is 9.59 Å². The third-order valence-electron chi connectivity index (χ3n) is 6.21. The van der Waals surface area contributed by atoms with Crippen molar-refractivity contribution >= 4 is 23.2 Å². The zero-order valence-electron chi connectivity index (χ0n) is 18.1. The quantitative estimate of drug-likeness (QED) is 0.773. The Labute approximate surface area is 182 Å². The lowest BCUT2D eigenvalue weighted by molar-refractivity contribution is -0.138. The van der Waals surface area contributed by atoms with E-state index in [4.69, 9.17) is 9.47 Å². The van der Waals surface area contributed by atoms with Crippen molar-refractivity contribution in [3.8, 4) is 5.75 Å². The number of ether oxygens (including phenoxy) is 2. The van der Waals surface area contributed by atoms with Gasteiger partial charge in [-0.15, -0.1) is 0 Å². The van der Waals surface area contributed by atoms with E-state index in [-0.39, 0.29) is 11.8 Å². The van der Waals surface area contributed by atoms with Gasteiger partial charge in [-0.2, -0.15) is 0 Å². The van der Waals surface area contributed by atoms with E-state index in [1.54, 1.807) is 12.0 Å². The van der Waals surface area contributed by atoms with Crippen molar-refractivity contribution in [3.05, 3.63) is 54.1 Å². The van der Waals surface area contributed by atoms with Crippen LogP contribution in [0.5, 0.6) is 5.75 Å². The number of anilines is 2. The lowest BCUT2D eigenvalue weighted by atomic mass is 9.97. The molecule has 2 aromatic rings. The summed E-state index contributed by atoms with van der Waals surface area (Å²) in [6, 6.07) is 15.4. The number of nitrogens with one attached hydrogen (secondary N) is 1. The SMILES string of the molecule is COc1ccc(CN2C(=O)CC[C@@]2(C)C(=O)Nc2ccc(N3CCOCC3)cc2)cc1. The fourth-order valence-corrected chi connectivity index (χ4v) is 4.15. The van der Waals surface area contributed by atoms with Gasteiger partial charge < -0.3 is 24.6 Å². The van der Waals surface area contributed by atoms with Crippen LogP contribution in [0.2, 0.25) is 0 Å². The molecule has 0 aromatic heterocycles. The van der Waals surface area contributed by atoms with E-state index in [1.165, 1.54) is 0 Å². The number of methoxy groups -OCH3 is 1. The number of carbonyl (C=O) groups is 2.